The highest BCUT2D eigenvalue weighted by Crippen LogP contribution is 2.47. The predicted octanol–water partition coefficient (Wildman–Crippen LogP) is 4.75. The molecule has 0 bridgehead atoms. The fourth-order valence-electron chi connectivity index (χ4n) is 5.92. The van der Waals surface area contributed by atoms with Crippen LogP contribution in [0.15, 0.2) is 72.8 Å². The van der Waals surface area contributed by atoms with E-state index in [2.05, 4.69) is 67.2 Å². The van der Waals surface area contributed by atoms with E-state index in [1.807, 2.05) is 9.80 Å². The molecule has 2 amide bonds. The van der Waals surface area contributed by atoms with Gasteiger partial charge in [-0.15, -0.1) is 0 Å². The maximum absolute atomic E-state index is 13.2. The molecule has 0 unspecified atom stereocenters. The standard InChI is InChI=1S/C30H36N2O2/c1-22-27(29(33)31-16-12-25(13-17-31)20-23-8-4-2-5-9-23)28(22)30(34)32-18-14-26(15-19-32)21-24-10-6-3-7-11-24/h2-11,25-28H,1,12-21H2/t27-,28+. The molecule has 0 N–H and O–H groups in total. The Morgan fingerprint density at radius 3 is 1.35 bits per heavy atom. The van der Waals surface area contributed by atoms with Crippen molar-refractivity contribution in [3.8, 4) is 0 Å². The minimum Gasteiger partial charge on any atom is -0.342 e. The lowest BCUT2D eigenvalue weighted by Gasteiger charge is -2.33. The summed E-state index contributed by atoms with van der Waals surface area (Å²) in [5.41, 5.74) is 3.58. The van der Waals surface area contributed by atoms with Gasteiger partial charge in [-0.05, 0) is 61.5 Å². The minimum absolute atomic E-state index is 0.125. The van der Waals surface area contributed by atoms with Crippen LogP contribution in [-0.4, -0.2) is 47.8 Å². The van der Waals surface area contributed by atoms with Crippen LogP contribution in [0.4, 0.5) is 0 Å². The van der Waals surface area contributed by atoms with E-state index in [-0.39, 0.29) is 23.7 Å². The van der Waals surface area contributed by atoms with Crippen LogP contribution in [0.25, 0.3) is 0 Å². The van der Waals surface area contributed by atoms with Crippen molar-refractivity contribution in [1.82, 2.24) is 9.80 Å². The van der Waals surface area contributed by atoms with Gasteiger partial charge in [-0.2, -0.15) is 0 Å². The topological polar surface area (TPSA) is 40.6 Å². The maximum Gasteiger partial charge on any atom is 0.230 e. The summed E-state index contributed by atoms with van der Waals surface area (Å²) in [6, 6.07) is 21.2. The summed E-state index contributed by atoms with van der Waals surface area (Å²) >= 11 is 0. The third kappa shape index (κ3) is 5.11. The van der Waals surface area contributed by atoms with Gasteiger partial charge >= 0.3 is 0 Å². The number of hydrogen-bond acceptors (Lipinski definition) is 2. The first-order chi connectivity index (χ1) is 16.6. The van der Waals surface area contributed by atoms with E-state index in [4.69, 9.17) is 0 Å². The highest BCUT2D eigenvalue weighted by Gasteiger charge is 2.55. The van der Waals surface area contributed by atoms with Crippen LogP contribution < -0.4 is 0 Å². The third-order valence-electron chi connectivity index (χ3n) is 8.14. The molecule has 2 aliphatic heterocycles. The van der Waals surface area contributed by atoms with Gasteiger partial charge in [0, 0.05) is 26.2 Å². The molecule has 5 rings (SSSR count). The highest BCUT2D eigenvalue weighted by atomic mass is 16.2. The molecule has 1 saturated carbocycles. The Morgan fingerprint density at radius 1 is 0.647 bits per heavy atom. The zero-order chi connectivity index (χ0) is 23.5. The van der Waals surface area contributed by atoms with Crippen LogP contribution in [-0.2, 0) is 22.4 Å². The fraction of sp³-hybridized carbons (Fsp3) is 0.467. The molecule has 2 aromatic carbocycles. The smallest absolute Gasteiger partial charge is 0.230 e. The molecule has 2 aromatic rings. The summed E-state index contributed by atoms with van der Waals surface area (Å²) < 4.78 is 0. The molecule has 2 heterocycles. The molecular formula is C30H36N2O2. The summed E-state index contributed by atoms with van der Waals surface area (Å²) in [5, 5.41) is 0. The van der Waals surface area contributed by atoms with Gasteiger partial charge in [0.1, 0.15) is 0 Å². The molecule has 3 aliphatic rings. The number of rotatable bonds is 6. The van der Waals surface area contributed by atoms with Crippen molar-refractivity contribution in [1.29, 1.82) is 0 Å². The van der Waals surface area contributed by atoms with Crippen LogP contribution in [0.2, 0.25) is 0 Å². The van der Waals surface area contributed by atoms with E-state index in [9.17, 15) is 9.59 Å². The largest absolute Gasteiger partial charge is 0.342 e. The summed E-state index contributed by atoms with van der Waals surface area (Å²) in [4.78, 5) is 30.3. The number of hydrogen-bond donors (Lipinski definition) is 0. The Kier molecular flexibility index (Phi) is 6.85. The second-order valence-electron chi connectivity index (χ2n) is 10.4. The minimum atomic E-state index is -0.291. The van der Waals surface area contributed by atoms with E-state index in [1.54, 1.807) is 0 Å². The first kappa shape index (κ1) is 22.9. The fourth-order valence-corrected chi connectivity index (χ4v) is 5.92. The maximum atomic E-state index is 13.2. The van der Waals surface area contributed by atoms with Crippen LogP contribution in [0.5, 0.6) is 0 Å². The first-order valence-electron chi connectivity index (χ1n) is 12.9. The number of likely N-dealkylation sites (tertiary alicyclic amines) is 2. The molecule has 1 aliphatic carbocycles. The number of nitrogens with zero attached hydrogens (tertiary/aromatic N) is 2. The van der Waals surface area contributed by atoms with Gasteiger partial charge in [-0.1, -0.05) is 72.8 Å². The van der Waals surface area contributed by atoms with Crippen LogP contribution in [0.3, 0.4) is 0 Å². The van der Waals surface area contributed by atoms with Crippen molar-refractivity contribution in [2.24, 2.45) is 23.7 Å². The Bertz CT molecular complexity index is 921. The van der Waals surface area contributed by atoms with E-state index in [0.29, 0.717) is 11.8 Å². The second kappa shape index (κ2) is 10.2. The zero-order valence-electron chi connectivity index (χ0n) is 20.1. The van der Waals surface area contributed by atoms with E-state index >= 15 is 0 Å². The molecule has 2 atom stereocenters. The Morgan fingerprint density at radius 2 is 1.00 bits per heavy atom. The predicted molar refractivity (Wildman–Crippen MR) is 135 cm³/mol. The number of carbonyl (C=O) groups excluding carboxylic acids is 2. The summed E-state index contributed by atoms with van der Waals surface area (Å²) in [7, 11) is 0. The molecule has 3 fully saturated rings. The van der Waals surface area contributed by atoms with Crippen LogP contribution >= 0.6 is 0 Å². The molecule has 0 aromatic heterocycles. The van der Waals surface area contributed by atoms with Gasteiger partial charge in [-0.3, -0.25) is 9.59 Å². The average molecular weight is 457 g/mol. The summed E-state index contributed by atoms with van der Waals surface area (Å²) in [5.74, 6) is 0.924. The monoisotopic (exact) mass is 456 g/mol. The van der Waals surface area contributed by atoms with Gasteiger partial charge in [0.15, 0.2) is 0 Å². The van der Waals surface area contributed by atoms with Gasteiger partial charge in [0.2, 0.25) is 11.8 Å². The van der Waals surface area contributed by atoms with Gasteiger partial charge in [0.25, 0.3) is 0 Å². The summed E-state index contributed by atoms with van der Waals surface area (Å²) in [6.45, 7) is 7.30. The highest BCUT2D eigenvalue weighted by molar-refractivity contribution is 5.99. The molecule has 4 nitrogen and oxygen atoms in total. The van der Waals surface area contributed by atoms with Crippen molar-refractivity contribution in [2.45, 2.75) is 38.5 Å². The first-order valence-corrected chi connectivity index (χ1v) is 12.9. The van der Waals surface area contributed by atoms with Crippen molar-refractivity contribution in [3.05, 3.63) is 83.9 Å². The van der Waals surface area contributed by atoms with Crippen LogP contribution in [0.1, 0.15) is 36.8 Å². The average Bonchev–Trinajstić information content (AvgIpc) is 3.56. The van der Waals surface area contributed by atoms with E-state index in [1.165, 1.54) is 11.1 Å². The quantitative estimate of drug-likeness (QED) is 0.589. The third-order valence-corrected chi connectivity index (χ3v) is 8.14. The van der Waals surface area contributed by atoms with Gasteiger partial charge in [0.05, 0.1) is 11.8 Å². The van der Waals surface area contributed by atoms with Crippen LogP contribution in [0, 0.1) is 23.7 Å². The SMILES string of the molecule is C=C1[C@H](C(=O)N2CCC(Cc3ccccc3)CC2)[C@@H]1C(=O)N1CCC(Cc2ccccc2)CC1. The number of piperidine rings is 2. The van der Waals surface area contributed by atoms with E-state index < -0.39 is 0 Å². The molecule has 0 radical (unpaired) electrons. The lowest BCUT2D eigenvalue weighted by Crippen LogP contribution is -2.42. The summed E-state index contributed by atoms with van der Waals surface area (Å²) in [6.07, 6.45) is 6.31. The Labute approximate surface area is 203 Å². The lowest BCUT2D eigenvalue weighted by molar-refractivity contribution is -0.139. The van der Waals surface area contributed by atoms with Crippen molar-refractivity contribution >= 4 is 11.8 Å². The molecular weight excluding hydrogens is 420 g/mol. The molecule has 2 saturated heterocycles. The van der Waals surface area contributed by atoms with Gasteiger partial charge in [-0.25, -0.2) is 0 Å². The van der Waals surface area contributed by atoms with Crippen molar-refractivity contribution in [3.63, 3.8) is 0 Å². The number of amides is 2. The zero-order valence-corrected chi connectivity index (χ0v) is 20.1. The van der Waals surface area contributed by atoms with Crippen molar-refractivity contribution in [2.75, 3.05) is 26.2 Å². The van der Waals surface area contributed by atoms with Gasteiger partial charge < -0.3 is 9.80 Å². The Balaban J connectivity index is 1.08. The van der Waals surface area contributed by atoms with Crippen molar-refractivity contribution < 1.29 is 9.59 Å². The van der Waals surface area contributed by atoms with E-state index in [0.717, 1.165) is 70.3 Å². The second-order valence-corrected chi connectivity index (χ2v) is 10.4. The molecule has 34 heavy (non-hydrogen) atoms. The lowest BCUT2D eigenvalue weighted by atomic mass is 9.90. The molecule has 0 spiro atoms. The molecule has 4 heteroatoms. The number of benzene rings is 2. The Hall–Kier alpha value is -2.88. The molecule has 178 valence electrons. The normalized spacial score (nSPS) is 23.7. The number of carbonyl (C=O) groups is 2.